The number of H-pyrrole nitrogens is 1. The average Bonchev–Trinajstić information content (AvgIpc) is 3.39. The van der Waals surface area contributed by atoms with E-state index < -0.39 is 11.5 Å². The summed E-state index contributed by atoms with van der Waals surface area (Å²) in [5.41, 5.74) is -0.0474. The van der Waals surface area contributed by atoms with Gasteiger partial charge in [-0.3, -0.25) is 9.59 Å². The standard InChI is InChI=1S/C20H27N5O5/c1-12(2)11-24-18-13(4-7-15(26)21-8-9-30-3)10-22-25(18)20(29)16(19(24)28)17(27)23-14-5-6-14/h4,7,10,12,14H,5-6,8-9,11H2,1-3H3,(H3,21,23,26,27,28,29)/p+1/b7-4+. The lowest BCUT2D eigenvalue weighted by molar-refractivity contribution is -0.686. The van der Waals surface area contributed by atoms with E-state index in [2.05, 4.69) is 15.7 Å². The van der Waals surface area contributed by atoms with Crippen LogP contribution in [0.2, 0.25) is 0 Å². The highest BCUT2D eigenvalue weighted by atomic mass is 16.5. The number of carbonyl (C=O) groups excluding carboxylic acids is 2. The molecule has 0 saturated heterocycles. The highest BCUT2D eigenvalue weighted by Gasteiger charge is 2.34. The van der Waals surface area contributed by atoms with Crippen molar-refractivity contribution in [3.63, 3.8) is 0 Å². The second-order valence-corrected chi connectivity index (χ2v) is 7.76. The summed E-state index contributed by atoms with van der Waals surface area (Å²) >= 11 is 0. The molecule has 162 valence electrons. The molecule has 0 atom stereocenters. The number of amides is 2. The molecule has 0 radical (unpaired) electrons. The molecular formula is C20H28N5O5+. The number of methoxy groups -OCH3 is 1. The molecule has 2 aromatic rings. The van der Waals surface area contributed by atoms with Crippen molar-refractivity contribution in [1.29, 1.82) is 0 Å². The lowest BCUT2D eigenvalue weighted by atomic mass is 10.2. The van der Waals surface area contributed by atoms with Crippen molar-refractivity contribution in [2.45, 2.75) is 39.3 Å². The molecule has 0 spiro atoms. The van der Waals surface area contributed by atoms with Crippen molar-refractivity contribution < 1.29 is 24.0 Å². The van der Waals surface area contributed by atoms with Crippen LogP contribution in [0.15, 0.2) is 17.1 Å². The number of fused-ring (bicyclic) bond motifs is 1. The highest BCUT2D eigenvalue weighted by Crippen LogP contribution is 2.20. The average molecular weight is 418 g/mol. The fourth-order valence-electron chi connectivity index (χ4n) is 3.11. The van der Waals surface area contributed by atoms with Gasteiger partial charge in [-0.2, -0.15) is 4.57 Å². The third-order valence-corrected chi connectivity index (χ3v) is 4.68. The monoisotopic (exact) mass is 418 g/mol. The minimum atomic E-state index is -0.648. The van der Waals surface area contributed by atoms with Crippen LogP contribution in [0.5, 0.6) is 5.88 Å². The number of carbonyl (C=O) groups is 2. The molecule has 2 amide bonds. The molecule has 1 fully saturated rings. The maximum absolute atomic E-state index is 12.9. The van der Waals surface area contributed by atoms with Crippen molar-refractivity contribution >= 4 is 23.5 Å². The molecule has 10 nitrogen and oxygen atoms in total. The van der Waals surface area contributed by atoms with E-state index in [4.69, 9.17) is 4.74 Å². The molecule has 1 saturated carbocycles. The Hall–Kier alpha value is -3.14. The van der Waals surface area contributed by atoms with Gasteiger partial charge in [-0.25, -0.2) is 9.89 Å². The van der Waals surface area contributed by atoms with Gasteiger partial charge in [0, 0.05) is 25.8 Å². The Morgan fingerprint density at radius 1 is 1.43 bits per heavy atom. The lowest BCUT2D eigenvalue weighted by Gasteiger charge is -2.10. The Balaban J connectivity index is 2.03. The Labute approximate surface area is 173 Å². The molecule has 30 heavy (non-hydrogen) atoms. The molecule has 10 heteroatoms. The number of rotatable bonds is 9. The van der Waals surface area contributed by atoms with Crippen molar-refractivity contribution in [2.75, 3.05) is 20.3 Å². The first kappa shape index (κ1) is 21.6. The second kappa shape index (κ2) is 9.12. The summed E-state index contributed by atoms with van der Waals surface area (Å²) in [5.74, 6) is -1.15. The van der Waals surface area contributed by atoms with E-state index in [0.29, 0.717) is 30.9 Å². The van der Waals surface area contributed by atoms with E-state index in [-0.39, 0.29) is 29.3 Å². The molecule has 4 N–H and O–H groups in total. The van der Waals surface area contributed by atoms with Gasteiger partial charge < -0.3 is 20.5 Å². The van der Waals surface area contributed by atoms with Crippen LogP contribution < -0.4 is 20.8 Å². The first-order valence-electron chi connectivity index (χ1n) is 9.98. The topological polar surface area (TPSA) is 129 Å². The van der Waals surface area contributed by atoms with Crippen LogP contribution in [0.4, 0.5) is 0 Å². The van der Waals surface area contributed by atoms with Crippen LogP contribution >= 0.6 is 0 Å². The number of nitrogens with zero attached hydrogens (tertiary/aromatic N) is 2. The summed E-state index contributed by atoms with van der Waals surface area (Å²) in [6.07, 6.45) is 6.17. The first-order valence-corrected chi connectivity index (χ1v) is 9.98. The first-order chi connectivity index (χ1) is 14.3. The molecule has 0 aromatic carbocycles. The molecule has 3 rings (SSSR count). The normalized spacial score (nSPS) is 14.0. The Morgan fingerprint density at radius 3 is 2.80 bits per heavy atom. The number of hydrogen-bond acceptors (Lipinski definition) is 5. The fourth-order valence-corrected chi connectivity index (χ4v) is 3.11. The van der Waals surface area contributed by atoms with E-state index in [1.165, 1.54) is 15.2 Å². The number of ether oxygens (including phenoxy) is 1. The number of aromatic amines is 1. The Kier molecular flexibility index (Phi) is 6.56. The maximum Gasteiger partial charge on any atom is 0.378 e. The van der Waals surface area contributed by atoms with Crippen LogP contribution in [0, 0.1) is 5.92 Å². The third-order valence-electron chi connectivity index (χ3n) is 4.68. The number of nitrogens with one attached hydrogen (secondary N) is 3. The minimum Gasteiger partial charge on any atom is -0.477 e. The summed E-state index contributed by atoms with van der Waals surface area (Å²) in [5, 5.41) is 19.1. The Morgan fingerprint density at radius 2 is 2.17 bits per heavy atom. The fraction of sp³-hybridized carbons (Fsp3) is 0.500. The summed E-state index contributed by atoms with van der Waals surface area (Å²) in [6.45, 7) is 5.07. The zero-order valence-electron chi connectivity index (χ0n) is 17.4. The zero-order valence-corrected chi connectivity index (χ0v) is 17.4. The van der Waals surface area contributed by atoms with Gasteiger partial charge in [0.1, 0.15) is 0 Å². The molecule has 2 aromatic heterocycles. The molecule has 0 bridgehead atoms. The van der Waals surface area contributed by atoms with Crippen molar-refractivity contribution in [1.82, 2.24) is 20.2 Å². The molecule has 0 aliphatic heterocycles. The molecule has 1 aliphatic carbocycles. The molecule has 1 aliphatic rings. The van der Waals surface area contributed by atoms with Gasteiger partial charge in [0.2, 0.25) is 11.5 Å². The van der Waals surface area contributed by atoms with Crippen LogP contribution in [0.1, 0.15) is 42.6 Å². The van der Waals surface area contributed by atoms with E-state index in [0.717, 1.165) is 12.8 Å². The third kappa shape index (κ3) is 4.70. The predicted molar refractivity (Wildman–Crippen MR) is 109 cm³/mol. The van der Waals surface area contributed by atoms with E-state index in [1.807, 2.05) is 13.8 Å². The quantitative estimate of drug-likeness (QED) is 0.258. The minimum absolute atomic E-state index is 0.0503. The highest BCUT2D eigenvalue weighted by molar-refractivity contribution is 5.96. The van der Waals surface area contributed by atoms with Gasteiger partial charge in [-0.15, -0.1) is 0 Å². The van der Waals surface area contributed by atoms with Gasteiger partial charge in [0.05, 0.1) is 24.9 Å². The van der Waals surface area contributed by atoms with E-state index in [1.54, 1.807) is 19.4 Å². The predicted octanol–water partition coefficient (Wildman–Crippen LogP) is -0.0553. The van der Waals surface area contributed by atoms with Crippen LogP contribution in [-0.2, 0) is 16.1 Å². The van der Waals surface area contributed by atoms with Crippen molar-refractivity contribution in [3.8, 4) is 5.88 Å². The molecule has 0 unspecified atom stereocenters. The van der Waals surface area contributed by atoms with Crippen LogP contribution in [0.25, 0.3) is 11.7 Å². The number of hydrogen-bond donors (Lipinski definition) is 4. The Bertz CT molecular complexity index is 1030. The van der Waals surface area contributed by atoms with Crippen LogP contribution in [0.3, 0.4) is 0 Å². The van der Waals surface area contributed by atoms with Crippen LogP contribution in [-0.4, -0.2) is 52.8 Å². The van der Waals surface area contributed by atoms with Gasteiger partial charge in [0.25, 0.3) is 5.91 Å². The van der Waals surface area contributed by atoms with Crippen molar-refractivity contribution in [3.05, 3.63) is 33.8 Å². The van der Waals surface area contributed by atoms with Gasteiger partial charge >= 0.3 is 17.1 Å². The SMILES string of the molecule is COCCNC(=O)/C=C/c1c[nH]n2c(=O)c(C(=O)NC3CC3)c(O)[n+](CC(C)C)c12. The van der Waals surface area contributed by atoms with Gasteiger partial charge in [0.15, 0.2) is 0 Å². The number of aromatic hydroxyl groups is 1. The maximum atomic E-state index is 12.9. The van der Waals surface area contributed by atoms with Gasteiger partial charge in [-0.05, 0) is 24.8 Å². The lowest BCUT2D eigenvalue weighted by Crippen LogP contribution is -2.46. The largest absolute Gasteiger partial charge is 0.477 e. The molecule has 2 heterocycles. The summed E-state index contributed by atoms with van der Waals surface area (Å²) in [6, 6.07) is 0.0503. The number of aromatic nitrogens is 3. The summed E-state index contributed by atoms with van der Waals surface area (Å²) in [4.78, 5) is 37.5. The molecular weight excluding hydrogens is 390 g/mol. The summed E-state index contributed by atoms with van der Waals surface area (Å²) < 4.78 is 7.63. The summed E-state index contributed by atoms with van der Waals surface area (Å²) in [7, 11) is 1.55. The van der Waals surface area contributed by atoms with E-state index in [9.17, 15) is 19.5 Å². The van der Waals surface area contributed by atoms with Crippen molar-refractivity contribution in [2.24, 2.45) is 5.92 Å². The van der Waals surface area contributed by atoms with E-state index >= 15 is 0 Å². The second-order valence-electron chi connectivity index (χ2n) is 7.76. The smallest absolute Gasteiger partial charge is 0.378 e. The zero-order chi connectivity index (χ0) is 21.8. The van der Waals surface area contributed by atoms with Gasteiger partial charge in [-0.1, -0.05) is 18.4 Å².